The number of hydrogen-bond acceptors (Lipinski definition) is 6. The molecule has 0 unspecified atom stereocenters. The van der Waals surface area contributed by atoms with E-state index in [4.69, 9.17) is 4.74 Å². The maximum atomic E-state index is 12.5. The molecule has 1 aliphatic carbocycles. The van der Waals surface area contributed by atoms with Crippen LogP contribution in [0.2, 0.25) is 0 Å². The molecule has 1 aliphatic rings. The first-order valence-corrected chi connectivity index (χ1v) is 12.5. The lowest BCUT2D eigenvalue weighted by Crippen LogP contribution is -2.38. The van der Waals surface area contributed by atoms with Gasteiger partial charge < -0.3 is 20.0 Å². The molecule has 176 valence electrons. The molecule has 0 saturated heterocycles. The van der Waals surface area contributed by atoms with Crippen molar-refractivity contribution in [3.8, 4) is 16.9 Å². The number of carbonyl (C=O) groups is 2. The second kappa shape index (κ2) is 10.2. The number of aromatic nitrogens is 1. The fourth-order valence-corrected chi connectivity index (χ4v) is 5.55. The predicted molar refractivity (Wildman–Crippen MR) is 138 cm³/mol. The van der Waals surface area contributed by atoms with Gasteiger partial charge in [-0.15, -0.1) is 0 Å². The SMILES string of the molecule is O=C[C@H](CSCc1ccc(O)c2ncccc12)NC(=O)OCC1c2ccccc2-c2ccccc21. The van der Waals surface area contributed by atoms with Gasteiger partial charge in [0.2, 0.25) is 0 Å². The molecular formula is C28H24N2O4S. The van der Waals surface area contributed by atoms with Crippen molar-refractivity contribution in [2.75, 3.05) is 12.4 Å². The molecule has 4 aromatic rings. The molecule has 1 amide bonds. The number of aldehydes is 1. The smallest absolute Gasteiger partial charge is 0.407 e. The molecule has 0 saturated carbocycles. The number of amides is 1. The van der Waals surface area contributed by atoms with Gasteiger partial charge in [-0.1, -0.05) is 60.7 Å². The van der Waals surface area contributed by atoms with E-state index in [1.165, 1.54) is 11.8 Å². The van der Waals surface area contributed by atoms with Gasteiger partial charge in [-0.3, -0.25) is 4.98 Å². The summed E-state index contributed by atoms with van der Waals surface area (Å²) < 4.78 is 5.55. The average Bonchev–Trinajstić information content (AvgIpc) is 3.22. The van der Waals surface area contributed by atoms with Crippen LogP contribution in [0.5, 0.6) is 5.75 Å². The van der Waals surface area contributed by atoms with E-state index < -0.39 is 12.1 Å². The van der Waals surface area contributed by atoms with Crippen LogP contribution in [-0.4, -0.2) is 40.9 Å². The standard InChI is InChI=1S/C28H24N2O4S/c31-14-19(17-35-16-18-11-12-26(32)27-20(18)10-5-13-29-27)30-28(33)34-15-25-23-8-3-1-6-21(23)22-7-2-4-9-24(22)25/h1-14,19,25,32H,15-17H2,(H,30,33)/t19-/m1/s1. The number of fused-ring (bicyclic) bond motifs is 4. The van der Waals surface area contributed by atoms with Crippen LogP contribution in [0.4, 0.5) is 4.79 Å². The molecule has 5 rings (SSSR count). The number of pyridine rings is 1. The third kappa shape index (κ3) is 4.72. The Morgan fingerprint density at radius 1 is 1.03 bits per heavy atom. The number of phenolic OH excluding ortho intramolecular Hbond substituents is 1. The van der Waals surface area contributed by atoms with Gasteiger partial charge in [-0.05, 0) is 39.9 Å². The van der Waals surface area contributed by atoms with E-state index in [2.05, 4.69) is 34.6 Å². The van der Waals surface area contributed by atoms with E-state index >= 15 is 0 Å². The molecule has 7 heteroatoms. The van der Waals surface area contributed by atoms with Crippen LogP contribution in [-0.2, 0) is 15.3 Å². The van der Waals surface area contributed by atoms with E-state index in [0.29, 0.717) is 17.0 Å². The number of carbonyl (C=O) groups excluding carboxylic acids is 2. The Morgan fingerprint density at radius 3 is 2.46 bits per heavy atom. The van der Waals surface area contributed by atoms with E-state index in [-0.39, 0.29) is 18.3 Å². The van der Waals surface area contributed by atoms with Crippen molar-refractivity contribution in [3.63, 3.8) is 0 Å². The first kappa shape index (κ1) is 22.9. The van der Waals surface area contributed by atoms with Crippen molar-refractivity contribution in [2.24, 2.45) is 0 Å². The number of ether oxygens (including phenoxy) is 1. The lowest BCUT2D eigenvalue weighted by molar-refractivity contribution is -0.109. The van der Waals surface area contributed by atoms with E-state index in [0.717, 1.165) is 39.5 Å². The van der Waals surface area contributed by atoms with Gasteiger partial charge in [0.05, 0.1) is 6.04 Å². The molecule has 35 heavy (non-hydrogen) atoms. The zero-order valence-corrected chi connectivity index (χ0v) is 19.7. The number of nitrogens with zero attached hydrogens (tertiary/aromatic N) is 1. The Labute approximate surface area is 207 Å². The lowest BCUT2D eigenvalue weighted by Gasteiger charge is -2.17. The van der Waals surface area contributed by atoms with Crippen molar-refractivity contribution in [1.82, 2.24) is 10.3 Å². The summed E-state index contributed by atoms with van der Waals surface area (Å²) in [5, 5.41) is 13.5. The molecule has 3 aromatic carbocycles. The van der Waals surface area contributed by atoms with E-state index in [9.17, 15) is 14.7 Å². The number of phenols is 1. The second-order valence-corrected chi connectivity index (χ2v) is 9.40. The molecule has 0 radical (unpaired) electrons. The van der Waals surface area contributed by atoms with Crippen LogP contribution in [0.15, 0.2) is 79.0 Å². The fraction of sp³-hybridized carbons (Fsp3) is 0.179. The zero-order valence-electron chi connectivity index (χ0n) is 18.9. The summed E-state index contributed by atoms with van der Waals surface area (Å²) in [6.07, 6.45) is 1.76. The topological polar surface area (TPSA) is 88.5 Å². The average molecular weight is 485 g/mol. The molecule has 0 aliphatic heterocycles. The Balaban J connectivity index is 1.17. The van der Waals surface area contributed by atoms with Gasteiger partial charge in [0.15, 0.2) is 0 Å². The Hall–Kier alpha value is -3.84. The summed E-state index contributed by atoms with van der Waals surface area (Å²) in [5.41, 5.74) is 6.16. The van der Waals surface area contributed by atoms with Crippen LogP contribution in [0.3, 0.4) is 0 Å². The monoisotopic (exact) mass is 484 g/mol. The maximum Gasteiger partial charge on any atom is 0.407 e. The highest BCUT2D eigenvalue weighted by Crippen LogP contribution is 2.44. The Bertz CT molecular complexity index is 1350. The number of thioether (sulfide) groups is 1. The summed E-state index contributed by atoms with van der Waals surface area (Å²) in [4.78, 5) is 28.3. The molecule has 6 nitrogen and oxygen atoms in total. The third-order valence-electron chi connectivity index (χ3n) is 6.20. The highest BCUT2D eigenvalue weighted by atomic mass is 32.2. The molecule has 1 atom stereocenters. The number of nitrogens with one attached hydrogen (secondary N) is 1. The summed E-state index contributed by atoms with van der Waals surface area (Å²) >= 11 is 1.52. The minimum Gasteiger partial charge on any atom is -0.506 e. The van der Waals surface area contributed by atoms with Crippen molar-refractivity contribution < 1.29 is 19.4 Å². The van der Waals surface area contributed by atoms with E-state index in [1.807, 2.05) is 42.5 Å². The maximum absolute atomic E-state index is 12.5. The number of benzene rings is 3. The number of rotatable bonds is 8. The summed E-state index contributed by atoms with van der Waals surface area (Å²) in [5.74, 6) is 1.11. The first-order chi connectivity index (χ1) is 17.2. The summed E-state index contributed by atoms with van der Waals surface area (Å²) in [6, 6.07) is 22.8. The van der Waals surface area contributed by atoms with Gasteiger partial charge in [0.25, 0.3) is 0 Å². The normalized spacial score (nSPS) is 13.1. The molecule has 0 fully saturated rings. The fourth-order valence-electron chi connectivity index (χ4n) is 4.54. The third-order valence-corrected chi connectivity index (χ3v) is 7.31. The van der Waals surface area contributed by atoms with Gasteiger partial charge in [-0.25, -0.2) is 4.79 Å². The van der Waals surface area contributed by atoms with Gasteiger partial charge >= 0.3 is 6.09 Å². The van der Waals surface area contributed by atoms with Crippen molar-refractivity contribution in [2.45, 2.75) is 17.7 Å². The highest BCUT2D eigenvalue weighted by molar-refractivity contribution is 7.98. The number of alkyl carbamates (subject to hydrolysis) is 1. The van der Waals surface area contributed by atoms with Gasteiger partial charge in [-0.2, -0.15) is 11.8 Å². The van der Waals surface area contributed by atoms with Crippen molar-refractivity contribution in [1.29, 1.82) is 0 Å². The minimum absolute atomic E-state index is 0.0337. The molecule has 0 bridgehead atoms. The molecule has 0 spiro atoms. The Kier molecular flexibility index (Phi) is 6.68. The largest absolute Gasteiger partial charge is 0.506 e. The highest BCUT2D eigenvalue weighted by Gasteiger charge is 2.29. The minimum atomic E-state index is -0.669. The van der Waals surface area contributed by atoms with Crippen LogP contribution < -0.4 is 5.32 Å². The van der Waals surface area contributed by atoms with Crippen molar-refractivity contribution in [3.05, 3.63) is 95.7 Å². The van der Waals surface area contributed by atoms with Crippen LogP contribution in [0.25, 0.3) is 22.0 Å². The van der Waals surface area contributed by atoms with Crippen molar-refractivity contribution >= 4 is 35.0 Å². The van der Waals surface area contributed by atoms with E-state index in [1.54, 1.807) is 12.3 Å². The molecule has 1 heterocycles. The Morgan fingerprint density at radius 2 is 1.74 bits per heavy atom. The first-order valence-electron chi connectivity index (χ1n) is 11.4. The molecule has 1 aromatic heterocycles. The summed E-state index contributed by atoms with van der Waals surface area (Å²) in [6.45, 7) is 0.199. The van der Waals surface area contributed by atoms with Crippen LogP contribution in [0.1, 0.15) is 22.6 Å². The van der Waals surface area contributed by atoms with Crippen LogP contribution in [0, 0.1) is 0 Å². The zero-order chi connectivity index (χ0) is 24.2. The lowest BCUT2D eigenvalue weighted by atomic mass is 9.98. The molecule has 2 N–H and O–H groups in total. The molecular weight excluding hydrogens is 460 g/mol. The number of aromatic hydroxyl groups is 1. The number of hydrogen-bond donors (Lipinski definition) is 2. The quantitative estimate of drug-likeness (QED) is 0.331. The van der Waals surface area contributed by atoms with Gasteiger partial charge in [0, 0.05) is 29.0 Å². The van der Waals surface area contributed by atoms with Gasteiger partial charge in [0.1, 0.15) is 24.2 Å². The second-order valence-electron chi connectivity index (χ2n) is 8.37. The predicted octanol–water partition coefficient (Wildman–Crippen LogP) is 5.28. The summed E-state index contributed by atoms with van der Waals surface area (Å²) in [7, 11) is 0. The van der Waals surface area contributed by atoms with Crippen LogP contribution >= 0.6 is 11.8 Å².